The lowest BCUT2D eigenvalue weighted by Gasteiger charge is -2.28. The van der Waals surface area contributed by atoms with E-state index < -0.39 is 63.6 Å². The number of nitrogens with one attached hydrogen (secondary N) is 2. The molecule has 2 atom stereocenters. The Morgan fingerprint density at radius 1 is 1.23 bits per heavy atom. The molecule has 0 radical (unpaired) electrons. The Bertz CT molecular complexity index is 1370. The number of hydrogen-bond acceptors (Lipinski definition) is 11. The van der Waals surface area contributed by atoms with Crippen molar-refractivity contribution in [2.75, 3.05) is 31.6 Å². The van der Waals surface area contributed by atoms with E-state index in [1.165, 1.54) is 4.90 Å². The zero-order valence-corrected chi connectivity index (χ0v) is 22.0. The zero-order valence-electron chi connectivity index (χ0n) is 21.2. The van der Waals surface area contributed by atoms with E-state index >= 15 is 0 Å². The Morgan fingerprint density at radius 3 is 2.49 bits per heavy atom. The molecule has 2 unspecified atom stereocenters. The summed E-state index contributed by atoms with van der Waals surface area (Å²) in [6.45, 7) is 0.864. The smallest absolute Gasteiger partial charge is 0.448 e. The van der Waals surface area contributed by atoms with Gasteiger partial charge in [0.25, 0.3) is 5.69 Å². The summed E-state index contributed by atoms with van der Waals surface area (Å²) in [5.41, 5.74) is -4.00. The number of non-ortho nitro benzene ring substituents is 1. The van der Waals surface area contributed by atoms with Crippen molar-refractivity contribution in [3.63, 3.8) is 0 Å². The summed E-state index contributed by atoms with van der Waals surface area (Å²) in [6.07, 6.45) is -9.45. The molecular formula is C21H20F8N8O5S. The van der Waals surface area contributed by atoms with Crippen molar-refractivity contribution in [3.05, 3.63) is 57.5 Å². The molecule has 1 aromatic heterocycles. The fourth-order valence-electron chi connectivity index (χ4n) is 3.49. The number of carbonyl (C=O) groups is 1. The van der Waals surface area contributed by atoms with Crippen molar-refractivity contribution in [2.45, 2.75) is 34.6 Å². The van der Waals surface area contributed by atoms with E-state index in [2.05, 4.69) is 20.6 Å². The first-order valence-corrected chi connectivity index (χ1v) is 12.5. The van der Waals surface area contributed by atoms with Gasteiger partial charge in [-0.25, -0.2) is 14.2 Å². The number of nitro benzene ring substituents is 1. The van der Waals surface area contributed by atoms with E-state index in [1.807, 2.05) is 5.32 Å². The Hall–Kier alpha value is -4.05. The van der Waals surface area contributed by atoms with Gasteiger partial charge in [-0.05, 0) is 12.1 Å². The summed E-state index contributed by atoms with van der Waals surface area (Å²) in [5, 5.41) is 33.8. The first-order valence-electron chi connectivity index (χ1n) is 11.6. The van der Waals surface area contributed by atoms with Crippen LogP contribution in [0.15, 0.2) is 45.7 Å². The van der Waals surface area contributed by atoms with Gasteiger partial charge in [-0.1, -0.05) is 17.0 Å². The average Bonchev–Trinajstić information content (AvgIpc) is 3.33. The number of nitrogens with two attached hydrogens (primary N) is 1. The van der Waals surface area contributed by atoms with E-state index in [1.54, 1.807) is 0 Å². The molecule has 236 valence electrons. The lowest BCUT2D eigenvalue weighted by Crippen LogP contribution is -2.50. The lowest BCUT2D eigenvalue weighted by atomic mass is 10.0. The van der Waals surface area contributed by atoms with Crippen LogP contribution >= 0.6 is 11.8 Å². The van der Waals surface area contributed by atoms with E-state index in [-0.39, 0.29) is 42.4 Å². The first kappa shape index (κ1) is 33.5. The SMILES string of the molecule is N/N=N\C(NCCN1CCOC1=O)Sc1ccc([N+](=O)[O-])cc1C(O)Nc1ncc(C(F)(F)C(F)(F)C(F)(F)F)cc1F. The van der Waals surface area contributed by atoms with E-state index in [4.69, 9.17) is 10.6 Å². The number of benzene rings is 1. The maximum Gasteiger partial charge on any atom is 0.460 e. The molecular weight excluding hydrogens is 628 g/mol. The highest BCUT2D eigenvalue weighted by Crippen LogP contribution is 2.51. The van der Waals surface area contributed by atoms with E-state index in [9.17, 15) is 55.1 Å². The Labute approximate surface area is 239 Å². The molecule has 1 amide bonds. The number of alkyl halides is 7. The van der Waals surface area contributed by atoms with Crippen LogP contribution in [0.2, 0.25) is 0 Å². The van der Waals surface area contributed by atoms with Gasteiger partial charge in [-0.15, -0.1) is 5.11 Å². The molecule has 1 saturated heterocycles. The maximum absolute atomic E-state index is 14.6. The second-order valence-corrected chi connectivity index (χ2v) is 9.61. The van der Waals surface area contributed by atoms with Crippen LogP contribution < -0.4 is 16.5 Å². The summed E-state index contributed by atoms with van der Waals surface area (Å²) in [5.74, 6) is -10.3. The molecule has 1 aromatic carbocycles. The minimum atomic E-state index is -6.67. The van der Waals surface area contributed by atoms with Crippen molar-refractivity contribution in [2.24, 2.45) is 16.2 Å². The Balaban J connectivity index is 1.84. The number of nitro groups is 1. The second kappa shape index (κ2) is 13.1. The van der Waals surface area contributed by atoms with Gasteiger partial charge in [0.05, 0.1) is 11.5 Å². The number of nitrogens with zero attached hydrogens (tertiary/aromatic N) is 5. The minimum absolute atomic E-state index is 0.0458. The second-order valence-electron chi connectivity index (χ2n) is 8.48. The molecule has 0 spiro atoms. The van der Waals surface area contributed by atoms with Crippen LogP contribution in [0, 0.1) is 15.9 Å². The number of anilines is 1. The number of halogens is 8. The number of aromatic nitrogens is 1. The molecule has 1 fully saturated rings. The van der Waals surface area contributed by atoms with Crippen LogP contribution in [-0.4, -0.2) is 69.8 Å². The highest BCUT2D eigenvalue weighted by atomic mass is 32.2. The van der Waals surface area contributed by atoms with Crippen LogP contribution in [0.1, 0.15) is 17.4 Å². The molecule has 22 heteroatoms. The van der Waals surface area contributed by atoms with Crippen molar-refractivity contribution < 1.29 is 54.7 Å². The minimum Gasteiger partial charge on any atom is -0.448 e. The highest BCUT2D eigenvalue weighted by molar-refractivity contribution is 8.00. The summed E-state index contributed by atoms with van der Waals surface area (Å²) >= 11 is 0.786. The Morgan fingerprint density at radius 2 is 1.93 bits per heavy atom. The number of cyclic esters (lactones) is 1. The van der Waals surface area contributed by atoms with E-state index in [0.717, 1.165) is 30.0 Å². The molecule has 2 aromatic rings. The predicted molar refractivity (Wildman–Crippen MR) is 130 cm³/mol. The van der Waals surface area contributed by atoms with Gasteiger partial charge in [0.1, 0.15) is 6.61 Å². The van der Waals surface area contributed by atoms with Gasteiger partial charge in [0, 0.05) is 47.4 Å². The molecule has 5 N–H and O–H groups in total. The molecule has 0 saturated carbocycles. The number of thioether (sulfide) groups is 1. The lowest BCUT2D eigenvalue weighted by molar-refractivity contribution is -0.385. The van der Waals surface area contributed by atoms with Gasteiger partial charge in [0.2, 0.25) is 0 Å². The van der Waals surface area contributed by atoms with Crippen LogP contribution in [-0.2, 0) is 10.7 Å². The maximum atomic E-state index is 14.6. The van der Waals surface area contributed by atoms with Crippen LogP contribution in [0.4, 0.5) is 51.4 Å². The number of aliphatic hydroxyl groups excluding tert-OH is 1. The summed E-state index contributed by atoms with van der Waals surface area (Å²) in [7, 11) is 0. The molecule has 1 aliphatic heterocycles. The van der Waals surface area contributed by atoms with Crippen molar-refractivity contribution in [1.29, 1.82) is 0 Å². The third-order valence-electron chi connectivity index (χ3n) is 5.68. The van der Waals surface area contributed by atoms with E-state index in [0.29, 0.717) is 6.54 Å². The standard InChI is InChI=1S/C21H20F8N8O5S/c22-13-7-10(19(23,24)20(25,26)21(27,28)29)9-32-15(13)33-16(38)12-8-11(37(40)41)1-2-14(12)43-17(34-35-30)31-3-4-36-5-6-42-18(36)39/h1-2,7-9,16-17,31,38H,3-6H2,(H2,30,34)(H,32,33). The first-order chi connectivity index (χ1) is 20.0. The van der Waals surface area contributed by atoms with Crippen LogP contribution in [0.3, 0.4) is 0 Å². The summed E-state index contributed by atoms with van der Waals surface area (Å²) in [6, 6.07) is 2.71. The van der Waals surface area contributed by atoms with Gasteiger partial charge < -0.3 is 25.9 Å². The van der Waals surface area contributed by atoms with Crippen LogP contribution in [0.5, 0.6) is 0 Å². The quantitative estimate of drug-likeness (QED) is 0.0466. The molecule has 43 heavy (non-hydrogen) atoms. The van der Waals surface area contributed by atoms with Crippen molar-refractivity contribution in [1.82, 2.24) is 15.2 Å². The summed E-state index contributed by atoms with van der Waals surface area (Å²) in [4.78, 5) is 26.6. The monoisotopic (exact) mass is 648 g/mol. The van der Waals surface area contributed by atoms with Gasteiger partial charge in [0.15, 0.2) is 23.4 Å². The average molecular weight is 648 g/mol. The predicted octanol–water partition coefficient (Wildman–Crippen LogP) is 4.26. The molecule has 13 nitrogen and oxygen atoms in total. The number of hydrogen-bond donors (Lipinski definition) is 4. The molecule has 0 aliphatic carbocycles. The van der Waals surface area contributed by atoms with Crippen molar-refractivity contribution in [3.8, 4) is 0 Å². The third-order valence-corrected chi connectivity index (χ3v) is 6.79. The van der Waals surface area contributed by atoms with Gasteiger partial charge >= 0.3 is 24.1 Å². The topological polar surface area (TPSA) is 181 Å². The number of pyridine rings is 1. The zero-order chi connectivity index (χ0) is 32.2. The normalized spacial score (nSPS) is 15.9. The molecule has 2 heterocycles. The Kier molecular flexibility index (Phi) is 10.2. The van der Waals surface area contributed by atoms with Crippen molar-refractivity contribution >= 4 is 29.4 Å². The van der Waals surface area contributed by atoms with Gasteiger partial charge in [-0.3, -0.25) is 15.4 Å². The molecule has 0 bridgehead atoms. The number of rotatable bonds is 13. The largest absolute Gasteiger partial charge is 0.460 e. The molecule has 1 aliphatic rings. The number of amides is 1. The molecule has 3 rings (SSSR count). The van der Waals surface area contributed by atoms with Gasteiger partial charge in [-0.2, -0.15) is 30.7 Å². The van der Waals surface area contributed by atoms with Crippen LogP contribution in [0.25, 0.3) is 0 Å². The fraction of sp³-hybridized carbons (Fsp3) is 0.429. The number of ether oxygens (including phenoxy) is 1. The number of aliphatic hydroxyl groups is 1. The summed E-state index contributed by atoms with van der Waals surface area (Å²) < 4.78 is 111. The fourth-order valence-corrected chi connectivity index (χ4v) is 4.49. The number of carbonyl (C=O) groups excluding carboxylic acids is 1. The third kappa shape index (κ3) is 7.48. The highest BCUT2D eigenvalue weighted by Gasteiger charge is 2.73.